The van der Waals surface area contributed by atoms with Crippen molar-refractivity contribution in [2.24, 2.45) is 10.1 Å². The summed E-state index contributed by atoms with van der Waals surface area (Å²) < 4.78 is 5.47. The fourth-order valence-corrected chi connectivity index (χ4v) is 3.78. The Morgan fingerprint density at radius 3 is 2.79 bits per heavy atom. The van der Waals surface area contributed by atoms with E-state index in [-0.39, 0.29) is 5.91 Å². The molecule has 9 heteroatoms. The number of benzene rings is 2. The number of ether oxygens (including phenoxy) is 1. The lowest BCUT2D eigenvalue weighted by Crippen LogP contribution is -2.50. The number of para-hydroxylation sites is 2. The number of carboxylic acid groups (broad SMARTS) is 1. The van der Waals surface area contributed by atoms with Gasteiger partial charge in [0.1, 0.15) is 11.4 Å². The largest absolute Gasteiger partial charge is 0.481 e. The highest BCUT2D eigenvalue weighted by Crippen LogP contribution is 2.35. The highest BCUT2D eigenvalue weighted by molar-refractivity contribution is 8.13. The number of carboxylic acids is 1. The van der Waals surface area contributed by atoms with Crippen LogP contribution >= 0.6 is 11.8 Å². The molecule has 1 atom stereocenters. The third kappa shape index (κ3) is 3.68. The van der Waals surface area contributed by atoms with Crippen LogP contribution in [0.5, 0.6) is 5.75 Å². The van der Waals surface area contributed by atoms with Gasteiger partial charge in [-0.3, -0.25) is 15.1 Å². The second kappa shape index (κ2) is 7.96. The SMILES string of the molecule is CCSC1=NN2C(=c3ccccc3=NC2c2ccccc2OCC(=O)O)C(=O)N1. The zero-order valence-corrected chi connectivity index (χ0v) is 16.3. The van der Waals surface area contributed by atoms with E-state index in [0.717, 1.165) is 5.75 Å². The molecule has 0 aromatic heterocycles. The van der Waals surface area contributed by atoms with E-state index < -0.39 is 18.7 Å². The first-order chi connectivity index (χ1) is 14.1. The Bertz CT molecular complexity index is 1130. The maximum absolute atomic E-state index is 12.9. The summed E-state index contributed by atoms with van der Waals surface area (Å²) in [6.45, 7) is 1.50. The average molecular weight is 410 g/mol. The van der Waals surface area contributed by atoms with Crippen LogP contribution in [0.2, 0.25) is 0 Å². The molecule has 1 amide bonds. The standard InChI is InChI=1S/C20H18N4O4S/c1-2-29-20-22-19(27)17-12-7-3-5-9-14(12)21-18(24(17)23-20)13-8-4-6-10-15(13)28-11-16(25)26/h3-10,18H,2,11H2,1H3,(H,25,26)(H,22,23,27). The van der Waals surface area contributed by atoms with Gasteiger partial charge in [-0.05, 0) is 17.9 Å². The first-order valence-corrected chi connectivity index (χ1v) is 9.99. The van der Waals surface area contributed by atoms with E-state index >= 15 is 0 Å². The van der Waals surface area contributed by atoms with Gasteiger partial charge in [0, 0.05) is 10.8 Å². The molecular weight excluding hydrogens is 392 g/mol. The topological polar surface area (TPSA) is 104 Å². The number of fused-ring (bicyclic) bond motifs is 2. The fraction of sp³-hybridized carbons (Fsp3) is 0.200. The number of amidine groups is 1. The van der Waals surface area contributed by atoms with Crippen LogP contribution in [-0.4, -0.2) is 39.5 Å². The van der Waals surface area contributed by atoms with Crippen LogP contribution in [0.1, 0.15) is 18.7 Å². The number of nitrogens with one attached hydrogen (secondary N) is 1. The summed E-state index contributed by atoms with van der Waals surface area (Å²) in [6.07, 6.45) is -0.664. The summed E-state index contributed by atoms with van der Waals surface area (Å²) in [5.74, 6) is -0.200. The van der Waals surface area contributed by atoms with Crippen LogP contribution in [0.15, 0.2) is 58.6 Å². The van der Waals surface area contributed by atoms with Gasteiger partial charge in [-0.2, -0.15) is 0 Å². The molecule has 29 heavy (non-hydrogen) atoms. The number of hydrogen-bond acceptors (Lipinski definition) is 7. The molecule has 0 radical (unpaired) electrons. The molecule has 4 rings (SSSR count). The molecule has 148 valence electrons. The Kier molecular flexibility index (Phi) is 5.22. The summed E-state index contributed by atoms with van der Waals surface area (Å²) in [6, 6.07) is 14.4. The Morgan fingerprint density at radius 1 is 1.24 bits per heavy atom. The van der Waals surface area contributed by atoms with Crippen LogP contribution in [-0.2, 0) is 9.59 Å². The minimum Gasteiger partial charge on any atom is -0.481 e. The minimum absolute atomic E-state index is 0.257. The van der Waals surface area contributed by atoms with E-state index in [9.17, 15) is 9.59 Å². The van der Waals surface area contributed by atoms with Crippen LogP contribution in [0.25, 0.3) is 5.70 Å². The van der Waals surface area contributed by atoms with Crippen molar-refractivity contribution in [3.8, 4) is 5.75 Å². The average Bonchev–Trinajstić information content (AvgIpc) is 2.72. The molecule has 0 bridgehead atoms. The predicted molar refractivity (Wildman–Crippen MR) is 108 cm³/mol. The molecule has 0 spiro atoms. The van der Waals surface area contributed by atoms with E-state index in [1.165, 1.54) is 11.8 Å². The van der Waals surface area contributed by atoms with Gasteiger partial charge < -0.3 is 9.84 Å². The van der Waals surface area contributed by atoms with Crippen molar-refractivity contribution in [3.05, 3.63) is 64.7 Å². The highest BCUT2D eigenvalue weighted by Gasteiger charge is 2.35. The molecule has 8 nitrogen and oxygen atoms in total. The molecule has 2 aliphatic heterocycles. The Hall–Kier alpha value is -3.33. The van der Waals surface area contributed by atoms with Crippen molar-refractivity contribution in [2.75, 3.05) is 12.4 Å². The lowest BCUT2D eigenvalue weighted by Gasteiger charge is -2.34. The molecule has 2 aromatic carbocycles. The number of carbonyl (C=O) groups excluding carboxylic acids is 1. The van der Waals surface area contributed by atoms with Gasteiger partial charge >= 0.3 is 5.97 Å². The van der Waals surface area contributed by atoms with Gasteiger partial charge in [0.25, 0.3) is 5.91 Å². The lowest BCUT2D eigenvalue weighted by atomic mass is 10.1. The van der Waals surface area contributed by atoms with Crippen LogP contribution in [0.3, 0.4) is 0 Å². The number of thioether (sulfide) groups is 1. The molecule has 2 N–H and O–H groups in total. The summed E-state index contributed by atoms with van der Waals surface area (Å²) in [7, 11) is 0. The Morgan fingerprint density at radius 2 is 2.00 bits per heavy atom. The molecular formula is C20H18N4O4S. The number of aliphatic carboxylic acids is 1. The summed E-state index contributed by atoms with van der Waals surface area (Å²) in [5, 5.41) is 19.9. The zero-order chi connectivity index (χ0) is 20.4. The Balaban J connectivity index is 1.89. The number of rotatable bonds is 5. The normalized spacial score (nSPS) is 17.5. The van der Waals surface area contributed by atoms with E-state index in [4.69, 9.17) is 14.8 Å². The second-order valence-corrected chi connectivity index (χ2v) is 7.48. The molecule has 0 aliphatic carbocycles. The van der Waals surface area contributed by atoms with Crippen LogP contribution in [0.4, 0.5) is 0 Å². The second-order valence-electron chi connectivity index (χ2n) is 6.23. The number of nitrogens with zero attached hydrogens (tertiary/aromatic N) is 3. The number of hydrogen-bond donors (Lipinski definition) is 2. The van der Waals surface area contributed by atoms with Crippen molar-refractivity contribution in [1.29, 1.82) is 0 Å². The maximum atomic E-state index is 12.9. The van der Waals surface area contributed by atoms with E-state index in [0.29, 0.717) is 32.8 Å². The lowest BCUT2D eigenvalue weighted by molar-refractivity contribution is -0.139. The third-order valence-electron chi connectivity index (χ3n) is 4.34. The van der Waals surface area contributed by atoms with Crippen molar-refractivity contribution >= 4 is 34.5 Å². The number of carbonyl (C=O) groups is 2. The van der Waals surface area contributed by atoms with E-state index in [1.807, 2.05) is 37.3 Å². The van der Waals surface area contributed by atoms with Gasteiger partial charge in [-0.25, -0.2) is 9.80 Å². The van der Waals surface area contributed by atoms with Gasteiger partial charge in [-0.1, -0.05) is 55.1 Å². The molecule has 2 aliphatic rings. The molecule has 0 saturated carbocycles. The number of amides is 1. The molecule has 0 saturated heterocycles. The Labute approximate surface area is 170 Å². The van der Waals surface area contributed by atoms with Crippen LogP contribution < -0.4 is 20.6 Å². The van der Waals surface area contributed by atoms with Crippen molar-refractivity contribution in [3.63, 3.8) is 0 Å². The quantitative estimate of drug-likeness (QED) is 0.764. The molecule has 2 heterocycles. The third-order valence-corrected chi connectivity index (χ3v) is 5.09. The van der Waals surface area contributed by atoms with Gasteiger partial charge in [0.2, 0.25) is 0 Å². The van der Waals surface area contributed by atoms with Crippen molar-refractivity contribution in [1.82, 2.24) is 10.3 Å². The number of hydrazone groups is 1. The molecule has 1 unspecified atom stereocenters. The van der Waals surface area contributed by atoms with Crippen molar-refractivity contribution < 1.29 is 19.4 Å². The minimum atomic E-state index is -1.07. The molecule has 2 aromatic rings. The monoisotopic (exact) mass is 410 g/mol. The maximum Gasteiger partial charge on any atom is 0.341 e. The van der Waals surface area contributed by atoms with E-state index in [2.05, 4.69) is 10.4 Å². The van der Waals surface area contributed by atoms with Gasteiger partial charge in [-0.15, -0.1) is 5.10 Å². The van der Waals surface area contributed by atoms with Crippen molar-refractivity contribution in [2.45, 2.75) is 13.1 Å². The summed E-state index contributed by atoms with van der Waals surface area (Å²) >= 11 is 1.42. The summed E-state index contributed by atoms with van der Waals surface area (Å²) in [4.78, 5) is 28.7. The first kappa shape index (κ1) is 19.0. The van der Waals surface area contributed by atoms with Crippen LogP contribution in [0, 0.1) is 0 Å². The molecule has 0 fully saturated rings. The summed E-state index contributed by atoms with van der Waals surface area (Å²) in [5.41, 5.74) is 1.02. The van der Waals surface area contributed by atoms with E-state index in [1.54, 1.807) is 23.2 Å². The zero-order valence-electron chi connectivity index (χ0n) is 15.5. The predicted octanol–water partition coefficient (Wildman–Crippen LogP) is 1.05. The first-order valence-electron chi connectivity index (χ1n) is 9.01. The fourth-order valence-electron chi connectivity index (χ4n) is 3.20. The smallest absolute Gasteiger partial charge is 0.341 e. The van der Waals surface area contributed by atoms with Gasteiger partial charge in [0.15, 0.2) is 17.9 Å². The highest BCUT2D eigenvalue weighted by atomic mass is 32.2. The van der Waals surface area contributed by atoms with Gasteiger partial charge in [0.05, 0.1) is 5.36 Å².